The molecule has 24 heteroatoms. The van der Waals surface area contributed by atoms with Crippen molar-refractivity contribution in [2.75, 3.05) is 127 Å². The molecule has 370 valence electrons. The first-order valence-electron chi connectivity index (χ1n) is 23.5. The predicted octanol–water partition coefficient (Wildman–Crippen LogP) is 3.05. The first-order chi connectivity index (χ1) is 33.9. The van der Waals surface area contributed by atoms with Crippen molar-refractivity contribution < 1.29 is 27.8 Å². The fraction of sp³-hybridized carbons (Fsp3) is 0.478. The number of aromatic nitrogens is 8. The van der Waals surface area contributed by atoms with Gasteiger partial charge in [-0.3, -0.25) is 19.7 Å². The number of ether oxygens (including phenoxy) is 2. The molecule has 0 aliphatic carbocycles. The molecule has 1 atom stereocenters. The molecular weight excluding hydrogens is 955 g/mol. The second kappa shape index (κ2) is 20.6. The Hall–Kier alpha value is -5.57. The van der Waals surface area contributed by atoms with Gasteiger partial charge in [0.05, 0.1) is 70.4 Å². The van der Waals surface area contributed by atoms with E-state index < -0.39 is 16.1 Å². The number of morpholine rings is 2. The van der Waals surface area contributed by atoms with E-state index in [4.69, 9.17) is 35.1 Å². The number of thiophene rings is 2. The number of nitrogens with two attached hydrogens (primary N) is 1. The number of nitrogens with one attached hydrogen (secondary N) is 1. The topological polar surface area (TPSA) is 241 Å². The third-order valence-corrected chi connectivity index (χ3v) is 16.8. The molecule has 7 aromatic rings. The molecule has 0 radical (unpaired) electrons. The summed E-state index contributed by atoms with van der Waals surface area (Å²) in [5, 5.41) is 17.8. The summed E-state index contributed by atoms with van der Waals surface area (Å²) in [6, 6.07) is 8.19. The van der Waals surface area contributed by atoms with E-state index in [0.29, 0.717) is 64.3 Å². The van der Waals surface area contributed by atoms with Gasteiger partial charge in [0, 0.05) is 125 Å². The van der Waals surface area contributed by atoms with Crippen LogP contribution in [-0.4, -0.2) is 196 Å². The molecule has 1 aromatic carbocycles. The molecule has 0 unspecified atom stereocenters. The van der Waals surface area contributed by atoms with Crippen LogP contribution in [0.3, 0.4) is 0 Å². The number of aliphatic hydroxyl groups is 1. The number of sulfonamides is 1. The minimum absolute atomic E-state index is 0.202. The van der Waals surface area contributed by atoms with Crippen molar-refractivity contribution >= 4 is 87.5 Å². The molecule has 1 amide bonds. The molecule has 4 aliphatic heterocycles. The van der Waals surface area contributed by atoms with Gasteiger partial charge in [-0.15, -0.1) is 22.7 Å². The highest BCUT2D eigenvalue weighted by atomic mass is 32.2. The molecule has 4 saturated heterocycles. The van der Waals surface area contributed by atoms with Crippen LogP contribution in [0.5, 0.6) is 0 Å². The number of hydrogen-bond donors (Lipinski definition) is 3. The van der Waals surface area contributed by atoms with Crippen molar-refractivity contribution in [2.24, 2.45) is 0 Å². The molecule has 21 nitrogen and oxygen atoms in total. The van der Waals surface area contributed by atoms with Gasteiger partial charge in [-0.2, -0.15) is 9.40 Å². The number of rotatable bonds is 10. The largest absolute Gasteiger partial charge is 0.384 e. The second-order valence-corrected chi connectivity index (χ2v) is 22.1. The number of nitrogen functional groups attached to an aromatic ring is 1. The van der Waals surface area contributed by atoms with Crippen LogP contribution in [0, 0.1) is 6.92 Å². The zero-order valence-corrected chi connectivity index (χ0v) is 41.9. The summed E-state index contributed by atoms with van der Waals surface area (Å²) in [5.74, 6) is 3.15. The average Bonchev–Trinajstić information content (AvgIpc) is 4.11. The lowest BCUT2D eigenvalue weighted by Gasteiger charge is -2.35. The van der Waals surface area contributed by atoms with Crippen molar-refractivity contribution in [3.8, 4) is 22.8 Å². The number of benzene rings is 1. The van der Waals surface area contributed by atoms with Crippen molar-refractivity contribution in [3.05, 3.63) is 58.2 Å². The molecule has 70 heavy (non-hydrogen) atoms. The number of hydrogen-bond acceptors (Lipinski definition) is 20. The standard InChI is InChI=1S/C23H30N8O3S.C23H27N7O3S2/c1-14-17(13-29-3-5-31(6-4-29)22(33)15(2)32)35-19-18(14)27-20(16-11-25-23(24)26-12-16)28-21(19)30-7-9-34-10-8-30;1-35(31,32)30-7-5-28(6-8-30)15-16-13-20-21(34-16)23(29-9-11-33-12-10-29)26-22(25-20)17-3-2-4-19-18(17)14-24-27-19/h11-12,15,32H,3-10,13H2,1-2H3,(H2,24,25,26);2-4,13-14H,5-12,15H2,1H3,(H,24,27)/t15-;/m0./s1. The Morgan fingerprint density at radius 3 is 2.09 bits per heavy atom. The zero-order chi connectivity index (χ0) is 48.5. The third kappa shape index (κ3) is 10.4. The maximum absolute atomic E-state index is 12.1. The number of nitrogens with zero attached hydrogens (tertiary/aromatic N) is 13. The molecule has 4 N–H and O–H groups in total. The molecule has 11 rings (SSSR count). The number of carbonyl (C=O) groups is 1. The van der Waals surface area contributed by atoms with Crippen molar-refractivity contribution in [3.63, 3.8) is 0 Å². The van der Waals surface area contributed by atoms with E-state index in [2.05, 4.69) is 52.8 Å². The molecule has 0 bridgehead atoms. The number of amides is 1. The third-order valence-electron chi connectivity index (χ3n) is 13.1. The lowest BCUT2D eigenvalue weighted by molar-refractivity contribution is -0.141. The molecule has 10 heterocycles. The Labute approximate surface area is 413 Å². The van der Waals surface area contributed by atoms with Crippen LogP contribution < -0.4 is 15.5 Å². The van der Waals surface area contributed by atoms with Gasteiger partial charge >= 0.3 is 0 Å². The Balaban J connectivity index is 0.000000162. The Kier molecular flexibility index (Phi) is 14.2. The molecule has 6 aromatic heterocycles. The van der Waals surface area contributed by atoms with Gasteiger partial charge < -0.3 is 35.0 Å². The van der Waals surface area contributed by atoms with Crippen molar-refractivity contribution in [2.45, 2.75) is 33.0 Å². The number of anilines is 3. The number of H-pyrrole nitrogens is 1. The lowest BCUT2D eigenvalue weighted by Crippen LogP contribution is -2.50. The Morgan fingerprint density at radius 2 is 1.43 bits per heavy atom. The van der Waals surface area contributed by atoms with Gasteiger partial charge in [0.25, 0.3) is 5.91 Å². The number of piperazine rings is 2. The van der Waals surface area contributed by atoms with E-state index >= 15 is 0 Å². The molecule has 0 spiro atoms. The summed E-state index contributed by atoms with van der Waals surface area (Å²) in [6.07, 6.45) is 5.46. The first-order valence-corrected chi connectivity index (χ1v) is 27.0. The quantitative estimate of drug-likeness (QED) is 0.178. The van der Waals surface area contributed by atoms with Crippen LogP contribution in [0.2, 0.25) is 0 Å². The van der Waals surface area contributed by atoms with Crippen LogP contribution in [0.15, 0.2) is 42.9 Å². The fourth-order valence-corrected chi connectivity index (χ4v) is 12.5. The highest BCUT2D eigenvalue weighted by molar-refractivity contribution is 7.88. The normalized spacial score (nSPS) is 18.4. The Bertz CT molecular complexity index is 3080. The van der Waals surface area contributed by atoms with Gasteiger partial charge in [0.1, 0.15) is 6.10 Å². The van der Waals surface area contributed by atoms with Gasteiger partial charge in [-0.1, -0.05) is 12.1 Å². The van der Waals surface area contributed by atoms with Gasteiger partial charge in [-0.05, 0) is 31.5 Å². The SMILES string of the molecule is CS(=O)(=O)N1CCN(Cc2cc3nc(-c4cccc5[nH]ncc45)nc(N4CCOCC4)c3s2)CC1.Cc1c(CN2CCN(C(=O)[C@H](C)O)CC2)sc2c(N3CCOCC3)nc(-c3cnc(N)nc3)nc12. The zero-order valence-electron chi connectivity index (χ0n) is 39.5. The molecule has 4 fully saturated rings. The van der Waals surface area contributed by atoms with Crippen molar-refractivity contribution in [1.82, 2.24) is 59.1 Å². The fourth-order valence-electron chi connectivity index (χ4n) is 9.19. The summed E-state index contributed by atoms with van der Waals surface area (Å²) < 4.78 is 38.6. The van der Waals surface area contributed by atoms with Crippen LogP contribution in [0.25, 0.3) is 54.1 Å². The summed E-state index contributed by atoms with van der Waals surface area (Å²) >= 11 is 3.46. The van der Waals surface area contributed by atoms with Crippen LogP contribution >= 0.6 is 22.7 Å². The minimum atomic E-state index is -3.13. The lowest BCUT2D eigenvalue weighted by atomic mass is 10.1. The van der Waals surface area contributed by atoms with Crippen LogP contribution in [0.4, 0.5) is 17.6 Å². The van der Waals surface area contributed by atoms with Gasteiger partial charge in [0.2, 0.25) is 16.0 Å². The Morgan fingerprint density at radius 1 is 0.800 bits per heavy atom. The smallest absolute Gasteiger partial charge is 0.251 e. The summed E-state index contributed by atoms with van der Waals surface area (Å²) in [4.78, 5) is 53.6. The van der Waals surface area contributed by atoms with E-state index in [9.17, 15) is 18.3 Å². The summed E-state index contributed by atoms with van der Waals surface area (Å²) in [5.41, 5.74) is 11.3. The van der Waals surface area contributed by atoms with E-state index in [1.165, 1.54) is 22.9 Å². The van der Waals surface area contributed by atoms with Gasteiger partial charge in [0.15, 0.2) is 23.3 Å². The molecule has 0 saturated carbocycles. The van der Waals surface area contributed by atoms with Crippen molar-refractivity contribution in [1.29, 1.82) is 0 Å². The minimum Gasteiger partial charge on any atom is -0.384 e. The number of aliphatic hydroxyl groups excluding tert-OH is 1. The number of aryl methyl sites for hydroxylation is 1. The van der Waals surface area contributed by atoms with Gasteiger partial charge in [-0.25, -0.2) is 38.3 Å². The van der Waals surface area contributed by atoms with Crippen LogP contribution in [0.1, 0.15) is 22.2 Å². The monoisotopic (exact) mass is 1010 g/mol. The maximum atomic E-state index is 12.1. The van der Waals surface area contributed by atoms with E-state index in [0.717, 1.165) is 125 Å². The summed E-state index contributed by atoms with van der Waals surface area (Å²) in [7, 11) is -3.13. The average molecular weight is 1010 g/mol. The highest BCUT2D eigenvalue weighted by Gasteiger charge is 2.28. The van der Waals surface area contributed by atoms with E-state index in [1.54, 1.807) is 44.3 Å². The molecule has 4 aliphatic rings. The maximum Gasteiger partial charge on any atom is 0.251 e. The summed E-state index contributed by atoms with van der Waals surface area (Å²) in [6.45, 7) is 16.3. The highest BCUT2D eigenvalue weighted by Crippen LogP contribution is 2.39. The molecular formula is C46H57N15O6S3. The van der Waals surface area contributed by atoms with E-state index in [1.807, 2.05) is 24.4 Å². The second-order valence-electron chi connectivity index (χ2n) is 17.9. The number of carbonyl (C=O) groups excluding carboxylic acids is 1. The van der Waals surface area contributed by atoms with Crippen LogP contribution in [-0.2, 0) is 37.4 Å². The van der Waals surface area contributed by atoms with E-state index in [-0.39, 0.29) is 11.9 Å². The predicted molar refractivity (Wildman–Crippen MR) is 271 cm³/mol. The first kappa shape index (κ1) is 48.1. The number of fused-ring (bicyclic) bond motifs is 3. The number of aromatic amines is 1.